The van der Waals surface area contributed by atoms with Crippen molar-refractivity contribution < 1.29 is 10.2 Å². The van der Waals surface area contributed by atoms with Crippen LogP contribution in [-0.4, -0.2) is 10.2 Å². The highest BCUT2D eigenvalue weighted by Crippen LogP contribution is 2.69. The van der Waals surface area contributed by atoms with Crippen molar-refractivity contribution in [3.63, 3.8) is 0 Å². The van der Waals surface area contributed by atoms with E-state index in [0.29, 0.717) is 11.5 Å². The number of hydrogen-bond acceptors (Lipinski definition) is 2. The van der Waals surface area contributed by atoms with Crippen LogP contribution >= 0.6 is 0 Å². The van der Waals surface area contributed by atoms with Gasteiger partial charge in [0.05, 0.1) is 0 Å². The fraction of sp³-hybridized carbons (Fsp3) is 0.833. The van der Waals surface area contributed by atoms with E-state index in [4.69, 9.17) is 0 Å². The number of benzene rings is 1. The molecule has 0 unspecified atom stereocenters. The van der Waals surface area contributed by atoms with E-state index in [0.717, 1.165) is 58.8 Å². The molecular formula is C36H48O2. The zero-order valence-corrected chi connectivity index (χ0v) is 23.4. The Bertz CT molecular complexity index is 1030. The molecule has 13 rings (SSSR count). The lowest BCUT2D eigenvalue weighted by atomic mass is 9.44. The molecule has 12 bridgehead atoms. The molecule has 0 amide bonds. The summed E-state index contributed by atoms with van der Waals surface area (Å²) < 4.78 is 0. The van der Waals surface area contributed by atoms with E-state index in [1.807, 2.05) is 0 Å². The minimum absolute atomic E-state index is 0.0399. The van der Waals surface area contributed by atoms with Crippen molar-refractivity contribution in [2.24, 2.45) is 53.3 Å². The minimum Gasteiger partial charge on any atom is -0.507 e. The minimum atomic E-state index is 0.0399. The average Bonchev–Trinajstić information content (AvgIpc) is 2.81. The first kappa shape index (κ1) is 22.5. The van der Waals surface area contributed by atoms with Gasteiger partial charge in [-0.2, -0.15) is 0 Å². The summed E-state index contributed by atoms with van der Waals surface area (Å²) >= 11 is 0. The highest BCUT2D eigenvalue weighted by molar-refractivity contribution is 5.62. The summed E-state index contributed by atoms with van der Waals surface area (Å²) in [6.07, 6.45) is 24.4. The van der Waals surface area contributed by atoms with Gasteiger partial charge in [-0.15, -0.1) is 0 Å². The van der Waals surface area contributed by atoms with Gasteiger partial charge in [-0.1, -0.05) is 0 Å². The van der Waals surface area contributed by atoms with Crippen molar-refractivity contribution in [3.05, 3.63) is 22.8 Å². The van der Waals surface area contributed by atoms with E-state index in [9.17, 15) is 10.2 Å². The second-order valence-electron chi connectivity index (χ2n) is 17.6. The van der Waals surface area contributed by atoms with Gasteiger partial charge in [-0.05, 0) is 186 Å². The quantitative estimate of drug-likeness (QED) is 0.426. The summed E-state index contributed by atoms with van der Waals surface area (Å²) in [4.78, 5) is 0. The molecule has 0 saturated heterocycles. The molecule has 12 aliphatic rings. The Morgan fingerprint density at radius 1 is 0.395 bits per heavy atom. The molecule has 2 N–H and O–H groups in total. The molecule has 1 aromatic rings. The van der Waals surface area contributed by atoms with E-state index in [-0.39, 0.29) is 16.2 Å². The Hall–Kier alpha value is -1.18. The highest BCUT2D eigenvalue weighted by atomic mass is 16.3. The standard InChI is InChI=1S/C36H48O2/c37-32-29(34-11-20-1-21(12-34)3-22(2-20)13-34)10-30(35-14-23-4-24(15-35)6-25(5-23)16-35)33(38)31(32)36-17-26-7-27(18-36)9-28(8-26)19-36/h10,20-28,37-38H,1-9,11-19H2. The lowest BCUT2D eigenvalue weighted by Crippen LogP contribution is -2.51. The Labute approximate surface area is 229 Å². The molecule has 1 aromatic carbocycles. The number of phenolic OH excluding ortho intramolecular Hbond substituents is 2. The Kier molecular flexibility index (Phi) is 4.25. The van der Waals surface area contributed by atoms with E-state index < -0.39 is 0 Å². The highest BCUT2D eigenvalue weighted by Gasteiger charge is 2.59. The first-order chi connectivity index (χ1) is 18.4. The molecule has 12 aliphatic carbocycles. The van der Waals surface area contributed by atoms with Gasteiger partial charge in [0.1, 0.15) is 11.5 Å². The molecule has 0 spiro atoms. The fourth-order valence-corrected chi connectivity index (χ4v) is 15.3. The number of rotatable bonds is 3. The van der Waals surface area contributed by atoms with Gasteiger partial charge in [0.2, 0.25) is 0 Å². The van der Waals surface area contributed by atoms with Crippen molar-refractivity contribution in [2.75, 3.05) is 0 Å². The number of phenols is 2. The van der Waals surface area contributed by atoms with Crippen molar-refractivity contribution >= 4 is 0 Å². The van der Waals surface area contributed by atoms with E-state index in [1.54, 1.807) is 0 Å². The molecule has 0 aromatic heterocycles. The molecule has 12 saturated carbocycles. The molecule has 2 nitrogen and oxygen atoms in total. The SMILES string of the molecule is Oc1c(C23CC4CC(CC(C4)C2)C3)cc(C23CC4CC(CC(C4)C2)C3)c(O)c1C12CC3CC(CC(C3)C1)C2. The largest absolute Gasteiger partial charge is 0.507 e. The van der Waals surface area contributed by atoms with Gasteiger partial charge < -0.3 is 10.2 Å². The van der Waals surface area contributed by atoms with Gasteiger partial charge in [-0.25, -0.2) is 0 Å². The topological polar surface area (TPSA) is 40.5 Å². The van der Waals surface area contributed by atoms with E-state index >= 15 is 0 Å². The maximum Gasteiger partial charge on any atom is 0.126 e. The third-order valence-electron chi connectivity index (χ3n) is 15.1. The third kappa shape index (κ3) is 2.87. The maximum atomic E-state index is 12.5. The maximum absolute atomic E-state index is 12.5. The second-order valence-corrected chi connectivity index (χ2v) is 17.6. The molecule has 2 heteroatoms. The normalized spacial score (nSPS) is 54.8. The molecule has 0 heterocycles. The van der Waals surface area contributed by atoms with Gasteiger partial charge in [0.25, 0.3) is 0 Å². The molecule has 0 aliphatic heterocycles. The first-order valence-electron chi connectivity index (χ1n) is 17.0. The van der Waals surface area contributed by atoms with Crippen molar-refractivity contribution in [1.29, 1.82) is 0 Å². The summed E-state index contributed by atoms with van der Waals surface area (Å²) in [5.74, 6) is 8.92. The fourth-order valence-electron chi connectivity index (χ4n) is 15.3. The van der Waals surface area contributed by atoms with E-state index in [2.05, 4.69) is 6.07 Å². The van der Waals surface area contributed by atoms with Gasteiger partial charge in [0.15, 0.2) is 0 Å². The van der Waals surface area contributed by atoms with Crippen LogP contribution in [0.3, 0.4) is 0 Å². The van der Waals surface area contributed by atoms with E-state index in [1.165, 1.54) is 127 Å². The zero-order valence-electron chi connectivity index (χ0n) is 23.4. The molecule has 12 fully saturated rings. The van der Waals surface area contributed by atoms with Crippen molar-refractivity contribution in [2.45, 2.75) is 132 Å². The summed E-state index contributed by atoms with van der Waals surface area (Å²) in [5.41, 5.74) is 4.17. The van der Waals surface area contributed by atoms with Crippen molar-refractivity contribution in [1.82, 2.24) is 0 Å². The number of aromatic hydroxyl groups is 2. The lowest BCUT2D eigenvalue weighted by molar-refractivity contribution is -0.0145. The lowest BCUT2D eigenvalue weighted by Gasteiger charge is -2.60. The predicted octanol–water partition coefficient (Wildman–Crippen LogP) is 8.50. The summed E-state index contributed by atoms with van der Waals surface area (Å²) in [6, 6.07) is 2.49. The van der Waals surface area contributed by atoms with Gasteiger partial charge in [-0.3, -0.25) is 0 Å². The third-order valence-corrected chi connectivity index (χ3v) is 15.1. The molecule has 38 heavy (non-hydrogen) atoms. The van der Waals surface area contributed by atoms with Crippen LogP contribution in [0, 0.1) is 53.3 Å². The first-order valence-corrected chi connectivity index (χ1v) is 17.0. The van der Waals surface area contributed by atoms with Crippen LogP contribution in [0.25, 0.3) is 0 Å². The summed E-state index contributed by atoms with van der Waals surface area (Å²) in [6.45, 7) is 0. The zero-order chi connectivity index (χ0) is 25.0. The van der Waals surface area contributed by atoms with Crippen LogP contribution in [0.2, 0.25) is 0 Å². The summed E-state index contributed by atoms with van der Waals surface area (Å²) in [5, 5.41) is 25.1. The van der Waals surface area contributed by atoms with Crippen LogP contribution < -0.4 is 0 Å². The predicted molar refractivity (Wildman–Crippen MR) is 149 cm³/mol. The molecule has 204 valence electrons. The van der Waals surface area contributed by atoms with Gasteiger partial charge >= 0.3 is 0 Å². The average molecular weight is 513 g/mol. The van der Waals surface area contributed by atoms with Crippen LogP contribution in [0.4, 0.5) is 0 Å². The number of hydrogen-bond donors (Lipinski definition) is 2. The molecular weight excluding hydrogens is 464 g/mol. The van der Waals surface area contributed by atoms with Crippen LogP contribution in [0.5, 0.6) is 11.5 Å². The summed E-state index contributed by atoms with van der Waals surface area (Å²) in [7, 11) is 0. The monoisotopic (exact) mass is 512 g/mol. The van der Waals surface area contributed by atoms with Gasteiger partial charge in [0, 0.05) is 22.1 Å². The molecule has 0 atom stereocenters. The Morgan fingerprint density at radius 2 is 0.632 bits per heavy atom. The smallest absolute Gasteiger partial charge is 0.126 e. The van der Waals surface area contributed by atoms with Crippen LogP contribution in [0.15, 0.2) is 6.07 Å². The Morgan fingerprint density at radius 3 is 0.895 bits per heavy atom. The second kappa shape index (κ2) is 7.17. The van der Waals surface area contributed by atoms with Crippen LogP contribution in [0.1, 0.15) is 132 Å². The van der Waals surface area contributed by atoms with Crippen LogP contribution in [-0.2, 0) is 16.2 Å². The molecule has 0 radical (unpaired) electrons. The van der Waals surface area contributed by atoms with Crippen molar-refractivity contribution in [3.8, 4) is 11.5 Å². The Balaban J connectivity index is 1.20.